The van der Waals surface area contributed by atoms with Crippen LogP contribution in [0.2, 0.25) is 0 Å². The average Bonchev–Trinajstić information content (AvgIpc) is 2.27. The zero-order valence-corrected chi connectivity index (χ0v) is 10.9. The van der Waals surface area contributed by atoms with E-state index in [-0.39, 0.29) is 18.0 Å². The van der Waals surface area contributed by atoms with Crippen LogP contribution in [0.15, 0.2) is 18.2 Å². The molecule has 1 aromatic rings. The molecular formula is C14H20O3. The third kappa shape index (κ3) is 3.56. The van der Waals surface area contributed by atoms with Gasteiger partial charge in [0.15, 0.2) is 0 Å². The Morgan fingerprint density at radius 2 is 2.00 bits per heavy atom. The predicted octanol–water partition coefficient (Wildman–Crippen LogP) is 2.79. The third-order valence-electron chi connectivity index (χ3n) is 2.58. The van der Waals surface area contributed by atoms with Crippen molar-refractivity contribution in [3.8, 4) is 5.75 Å². The number of benzene rings is 1. The van der Waals surface area contributed by atoms with Gasteiger partial charge in [0.1, 0.15) is 5.75 Å². The smallest absolute Gasteiger partial charge is 0.310 e. The Hall–Kier alpha value is -1.35. The molecule has 1 N–H and O–H groups in total. The molecule has 3 heteroatoms. The molecule has 17 heavy (non-hydrogen) atoms. The molecule has 0 saturated carbocycles. The van der Waals surface area contributed by atoms with Crippen LogP contribution in [-0.4, -0.2) is 11.1 Å². The molecule has 0 radical (unpaired) electrons. The first-order chi connectivity index (χ1) is 7.88. The number of esters is 1. The Balaban J connectivity index is 3.09. The minimum atomic E-state index is -0.249. The Labute approximate surface area is 102 Å². The standard InChI is InChI=1S/C14H20O3/c1-5-13(16)17-11-7-6-10(9-15)12(8-11)14(2,3)4/h6-8,15H,5,9H2,1-4H3. The van der Waals surface area contributed by atoms with E-state index in [4.69, 9.17) is 4.74 Å². The van der Waals surface area contributed by atoms with E-state index in [0.717, 1.165) is 11.1 Å². The van der Waals surface area contributed by atoms with Crippen molar-refractivity contribution in [3.05, 3.63) is 29.3 Å². The van der Waals surface area contributed by atoms with Gasteiger partial charge in [0, 0.05) is 6.42 Å². The molecule has 94 valence electrons. The fraction of sp³-hybridized carbons (Fsp3) is 0.500. The summed E-state index contributed by atoms with van der Waals surface area (Å²) in [5.74, 6) is 0.292. The molecule has 0 fully saturated rings. The molecule has 0 heterocycles. The number of hydrogen-bond acceptors (Lipinski definition) is 3. The van der Waals surface area contributed by atoms with Crippen molar-refractivity contribution in [2.45, 2.75) is 46.1 Å². The summed E-state index contributed by atoms with van der Waals surface area (Å²) in [6, 6.07) is 5.35. The summed E-state index contributed by atoms with van der Waals surface area (Å²) in [6.45, 7) is 7.94. The molecule has 0 saturated heterocycles. The maximum Gasteiger partial charge on any atom is 0.310 e. The Morgan fingerprint density at radius 1 is 1.35 bits per heavy atom. The first-order valence-electron chi connectivity index (χ1n) is 5.83. The monoisotopic (exact) mass is 236 g/mol. The van der Waals surface area contributed by atoms with Gasteiger partial charge in [0.2, 0.25) is 0 Å². The van der Waals surface area contributed by atoms with E-state index in [1.807, 2.05) is 6.07 Å². The molecule has 0 spiro atoms. The van der Waals surface area contributed by atoms with Crippen LogP contribution in [0.5, 0.6) is 5.75 Å². The highest BCUT2D eigenvalue weighted by Crippen LogP contribution is 2.29. The largest absolute Gasteiger partial charge is 0.427 e. The van der Waals surface area contributed by atoms with Crippen LogP contribution in [0, 0.1) is 0 Å². The Morgan fingerprint density at radius 3 is 2.47 bits per heavy atom. The van der Waals surface area contributed by atoms with E-state index in [1.54, 1.807) is 19.1 Å². The zero-order chi connectivity index (χ0) is 13.1. The first kappa shape index (κ1) is 13.7. The number of carbonyl (C=O) groups is 1. The number of aliphatic hydroxyl groups excluding tert-OH is 1. The summed E-state index contributed by atoms with van der Waals surface area (Å²) < 4.78 is 5.18. The van der Waals surface area contributed by atoms with E-state index in [2.05, 4.69) is 20.8 Å². The van der Waals surface area contributed by atoms with Crippen LogP contribution in [-0.2, 0) is 16.8 Å². The van der Waals surface area contributed by atoms with Crippen molar-refractivity contribution >= 4 is 5.97 Å². The number of ether oxygens (including phenoxy) is 1. The van der Waals surface area contributed by atoms with Gasteiger partial charge >= 0.3 is 5.97 Å². The molecule has 1 rings (SSSR count). The van der Waals surface area contributed by atoms with Gasteiger partial charge in [-0.25, -0.2) is 0 Å². The molecule has 0 amide bonds. The van der Waals surface area contributed by atoms with Gasteiger partial charge in [-0.2, -0.15) is 0 Å². The fourth-order valence-corrected chi connectivity index (χ4v) is 1.66. The van der Waals surface area contributed by atoms with E-state index < -0.39 is 0 Å². The summed E-state index contributed by atoms with van der Waals surface area (Å²) in [5, 5.41) is 9.29. The molecule has 0 aliphatic heterocycles. The molecule has 0 unspecified atom stereocenters. The van der Waals surface area contributed by atoms with Crippen LogP contribution in [0.1, 0.15) is 45.2 Å². The number of hydrogen-bond donors (Lipinski definition) is 1. The minimum Gasteiger partial charge on any atom is -0.427 e. The van der Waals surface area contributed by atoms with Crippen LogP contribution >= 0.6 is 0 Å². The van der Waals surface area contributed by atoms with E-state index in [0.29, 0.717) is 12.2 Å². The van der Waals surface area contributed by atoms with Gasteiger partial charge in [-0.3, -0.25) is 4.79 Å². The van der Waals surface area contributed by atoms with Crippen LogP contribution in [0.25, 0.3) is 0 Å². The van der Waals surface area contributed by atoms with Gasteiger partial charge in [-0.1, -0.05) is 33.8 Å². The van der Waals surface area contributed by atoms with Crippen molar-refractivity contribution in [2.24, 2.45) is 0 Å². The van der Waals surface area contributed by atoms with Crippen LogP contribution in [0.3, 0.4) is 0 Å². The van der Waals surface area contributed by atoms with Crippen molar-refractivity contribution in [2.75, 3.05) is 0 Å². The number of carbonyl (C=O) groups excluding carboxylic acids is 1. The average molecular weight is 236 g/mol. The number of rotatable bonds is 3. The summed E-state index contributed by atoms with van der Waals surface area (Å²) in [7, 11) is 0. The SMILES string of the molecule is CCC(=O)Oc1ccc(CO)c(C(C)(C)C)c1. The maximum atomic E-state index is 11.2. The lowest BCUT2D eigenvalue weighted by Gasteiger charge is -2.23. The third-order valence-corrected chi connectivity index (χ3v) is 2.58. The predicted molar refractivity (Wildman–Crippen MR) is 67.0 cm³/mol. The first-order valence-corrected chi connectivity index (χ1v) is 5.83. The fourth-order valence-electron chi connectivity index (χ4n) is 1.66. The van der Waals surface area contributed by atoms with E-state index in [1.165, 1.54) is 0 Å². The highest BCUT2D eigenvalue weighted by molar-refractivity contribution is 5.72. The van der Waals surface area contributed by atoms with Gasteiger partial charge in [-0.05, 0) is 28.7 Å². The maximum absolute atomic E-state index is 11.2. The second-order valence-corrected chi connectivity index (χ2v) is 5.05. The van der Waals surface area contributed by atoms with Gasteiger partial charge in [0.25, 0.3) is 0 Å². The molecular weight excluding hydrogens is 216 g/mol. The normalized spacial score (nSPS) is 11.4. The molecule has 0 atom stereocenters. The van der Waals surface area contributed by atoms with Gasteiger partial charge in [0.05, 0.1) is 6.61 Å². The minimum absolute atomic E-state index is 0.00535. The summed E-state index contributed by atoms with van der Waals surface area (Å²) in [4.78, 5) is 11.2. The molecule has 0 bridgehead atoms. The van der Waals surface area contributed by atoms with Crippen molar-refractivity contribution in [1.29, 1.82) is 0 Å². The second-order valence-electron chi connectivity index (χ2n) is 5.05. The molecule has 0 aliphatic carbocycles. The van der Waals surface area contributed by atoms with E-state index >= 15 is 0 Å². The van der Waals surface area contributed by atoms with Gasteiger partial charge < -0.3 is 9.84 Å². The molecule has 3 nitrogen and oxygen atoms in total. The van der Waals surface area contributed by atoms with Crippen LogP contribution in [0.4, 0.5) is 0 Å². The lowest BCUT2D eigenvalue weighted by atomic mass is 9.84. The molecule has 0 aliphatic rings. The summed E-state index contributed by atoms with van der Waals surface area (Å²) in [6.07, 6.45) is 0.354. The molecule has 0 aromatic heterocycles. The molecule has 1 aromatic carbocycles. The quantitative estimate of drug-likeness (QED) is 0.648. The zero-order valence-electron chi connectivity index (χ0n) is 10.9. The highest BCUT2D eigenvalue weighted by Gasteiger charge is 2.18. The Bertz CT molecular complexity index is 402. The van der Waals surface area contributed by atoms with Crippen LogP contribution < -0.4 is 4.74 Å². The Kier molecular flexibility index (Phi) is 4.29. The summed E-state index contributed by atoms with van der Waals surface area (Å²) >= 11 is 0. The highest BCUT2D eigenvalue weighted by atomic mass is 16.5. The number of aliphatic hydroxyl groups is 1. The lowest BCUT2D eigenvalue weighted by molar-refractivity contribution is -0.134. The van der Waals surface area contributed by atoms with Crippen molar-refractivity contribution in [3.63, 3.8) is 0 Å². The topological polar surface area (TPSA) is 46.5 Å². The van der Waals surface area contributed by atoms with Crippen molar-refractivity contribution < 1.29 is 14.6 Å². The lowest BCUT2D eigenvalue weighted by Crippen LogP contribution is -2.15. The van der Waals surface area contributed by atoms with Crippen molar-refractivity contribution in [1.82, 2.24) is 0 Å². The summed E-state index contributed by atoms with van der Waals surface area (Å²) in [5.41, 5.74) is 1.78. The van der Waals surface area contributed by atoms with Gasteiger partial charge in [-0.15, -0.1) is 0 Å². The van der Waals surface area contributed by atoms with E-state index in [9.17, 15) is 9.90 Å². The second kappa shape index (κ2) is 5.32.